The molecule has 0 atom stereocenters. The molecule has 0 N–H and O–H groups in total. The van der Waals surface area contributed by atoms with Gasteiger partial charge in [0, 0.05) is 0 Å². The van der Waals surface area contributed by atoms with Crippen LogP contribution in [0.25, 0.3) is 0 Å². The largest absolute Gasteiger partial charge is 2.00 e. The molecule has 0 saturated heterocycles. The van der Waals surface area contributed by atoms with Crippen molar-refractivity contribution >= 4 is 23.1 Å². The average Bonchev–Trinajstić information content (AvgIpc) is 1.90. The van der Waals surface area contributed by atoms with Crippen molar-refractivity contribution in [2.75, 3.05) is 0 Å². The predicted molar refractivity (Wildman–Crippen MR) is 39.4 cm³/mol. The summed E-state index contributed by atoms with van der Waals surface area (Å²) in [6.45, 7) is 0. The molecule has 0 aliphatic heterocycles. The molecule has 0 bridgehead atoms. The van der Waals surface area contributed by atoms with Crippen molar-refractivity contribution in [3.8, 4) is 5.92 Å². The number of halogens is 1. The molecule has 0 radical (unpaired) electrons. The summed E-state index contributed by atoms with van der Waals surface area (Å²) in [4.78, 5) is 0. The van der Waals surface area contributed by atoms with Crippen LogP contribution in [0, 0.1) is 12.3 Å². The Morgan fingerprint density at radius 2 is 2.10 bits per heavy atom. The van der Waals surface area contributed by atoms with E-state index >= 15 is 0 Å². The minimum absolute atomic E-state index is 0. The average molecular weight is 165 g/mol. The van der Waals surface area contributed by atoms with Crippen LogP contribution in [-0.4, -0.2) is 23.1 Å². The molecule has 50 valence electrons. The van der Waals surface area contributed by atoms with Crippen molar-refractivity contribution < 1.29 is 12.4 Å². The molecule has 1 aliphatic carbocycles. The summed E-state index contributed by atoms with van der Waals surface area (Å²) in [5.41, 5.74) is 1.09. The molecule has 0 heterocycles. The first-order valence-electron chi connectivity index (χ1n) is 3.05. The monoisotopic (exact) mass is 164 g/mol. The molecule has 0 amide bonds. The standard InChI is InChI=1S/C8H9.ClH.Mg/c1-2-8-6-4-3-5-7-8;;/h6H,3-5,7H2;1H;/q-1;;+2/p-1. The molecular formula is C8H9ClMg. The van der Waals surface area contributed by atoms with Crippen LogP contribution < -0.4 is 12.4 Å². The molecule has 0 unspecified atom stereocenters. The molecule has 0 spiro atoms. The van der Waals surface area contributed by atoms with Crippen molar-refractivity contribution in [2.45, 2.75) is 25.7 Å². The Morgan fingerprint density at radius 3 is 2.40 bits per heavy atom. The Balaban J connectivity index is 0. The summed E-state index contributed by atoms with van der Waals surface area (Å²) < 4.78 is 0. The van der Waals surface area contributed by atoms with Crippen molar-refractivity contribution in [1.29, 1.82) is 0 Å². The van der Waals surface area contributed by atoms with Crippen LogP contribution in [0.4, 0.5) is 0 Å². The minimum Gasteiger partial charge on any atom is -1.00 e. The van der Waals surface area contributed by atoms with Gasteiger partial charge in [-0.1, -0.05) is 25.7 Å². The summed E-state index contributed by atoms with van der Waals surface area (Å²) in [6, 6.07) is 0. The molecule has 0 aromatic carbocycles. The first-order chi connectivity index (χ1) is 3.93. The molecule has 0 aromatic heterocycles. The SMILES string of the molecule is [C-]#CC1=CCCCC1.[Cl-].[Mg+2]. The van der Waals surface area contributed by atoms with Crippen LogP contribution >= 0.6 is 0 Å². The first-order valence-corrected chi connectivity index (χ1v) is 3.05. The Kier molecular flexibility index (Phi) is 9.69. The van der Waals surface area contributed by atoms with Crippen LogP contribution in [0.3, 0.4) is 0 Å². The normalized spacial score (nSPS) is 15.3. The van der Waals surface area contributed by atoms with E-state index in [4.69, 9.17) is 6.42 Å². The maximum absolute atomic E-state index is 6.78. The Hall–Kier alpha value is 0.356. The van der Waals surface area contributed by atoms with Crippen LogP contribution in [0.1, 0.15) is 25.7 Å². The molecule has 1 aliphatic rings. The summed E-state index contributed by atoms with van der Waals surface area (Å²) in [7, 11) is 0. The Bertz CT molecular complexity index is 144. The molecular weight excluding hydrogens is 156 g/mol. The molecule has 10 heavy (non-hydrogen) atoms. The van der Waals surface area contributed by atoms with Gasteiger partial charge in [0.15, 0.2) is 0 Å². The Morgan fingerprint density at radius 1 is 1.40 bits per heavy atom. The van der Waals surface area contributed by atoms with Crippen LogP contribution in [0.2, 0.25) is 0 Å². The fraction of sp³-hybridized carbons (Fsp3) is 0.500. The molecule has 2 heteroatoms. The maximum atomic E-state index is 6.78. The zero-order valence-corrected chi connectivity index (χ0v) is 8.16. The van der Waals surface area contributed by atoms with Crippen LogP contribution in [0.15, 0.2) is 11.6 Å². The van der Waals surface area contributed by atoms with Crippen LogP contribution in [-0.2, 0) is 0 Å². The number of rotatable bonds is 0. The topological polar surface area (TPSA) is 0 Å². The van der Waals surface area contributed by atoms with Gasteiger partial charge in [-0.15, -0.1) is 0 Å². The fourth-order valence-electron chi connectivity index (χ4n) is 0.952. The maximum Gasteiger partial charge on any atom is 2.00 e. The number of hydrogen-bond donors (Lipinski definition) is 0. The summed E-state index contributed by atoms with van der Waals surface area (Å²) >= 11 is 0. The second-order valence-corrected chi connectivity index (χ2v) is 2.10. The van der Waals surface area contributed by atoms with Gasteiger partial charge >= 0.3 is 23.1 Å². The van der Waals surface area contributed by atoms with E-state index in [9.17, 15) is 0 Å². The zero-order chi connectivity index (χ0) is 5.82. The summed E-state index contributed by atoms with van der Waals surface area (Å²) in [5, 5.41) is 0. The van der Waals surface area contributed by atoms with Gasteiger partial charge in [0.1, 0.15) is 0 Å². The fourth-order valence-corrected chi connectivity index (χ4v) is 0.952. The first kappa shape index (κ1) is 13.0. The van der Waals surface area contributed by atoms with E-state index in [0.717, 1.165) is 18.4 Å². The third kappa shape index (κ3) is 4.22. The van der Waals surface area contributed by atoms with Gasteiger partial charge in [-0.05, 0) is 0 Å². The van der Waals surface area contributed by atoms with E-state index in [0.29, 0.717) is 0 Å². The van der Waals surface area contributed by atoms with E-state index in [1.807, 2.05) is 0 Å². The summed E-state index contributed by atoms with van der Waals surface area (Å²) in [5.74, 6) is 2.42. The molecule has 0 fully saturated rings. The molecule has 1 rings (SSSR count). The van der Waals surface area contributed by atoms with Crippen LogP contribution in [0.5, 0.6) is 0 Å². The van der Waals surface area contributed by atoms with E-state index in [1.165, 1.54) is 12.8 Å². The van der Waals surface area contributed by atoms with Gasteiger partial charge in [-0.25, -0.2) is 0 Å². The van der Waals surface area contributed by atoms with E-state index in [2.05, 4.69) is 12.0 Å². The van der Waals surface area contributed by atoms with Gasteiger partial charge in [-0.3, -0.25) is 5.92 Å². The third-order valence-electron chi connectivity index (χ3n) is 1.45. The van der Waals surface area contributed by atoms with E-state index in [-0.39, 0.29) is 35.5 Å². The van der Waals surface area contributed by atoms with Gasteiger partial charge in [-0.2, -0.15) is 11.6 Å². The van der Waals surface area contributed by atoms with Gasteiger partial charge < -0.3 is 18.8 Å². The zero-order valence-electron chi connectivity index (χ0n) is 5.99. The van der Waals surface area contributed by atoms with Crippen molar-refractivity contribution in [3.63, 3.8) is 0 Å². The van der Waals surface area contributed by atoms with E-state index in [1.54, 1.807) is 0 Å². The van der Waals surface area contributed by atoms with Crippen molar-refractivity contribution in [3.05, 3.63) is 18.1 Å². The number of hydrogen-bond acceptors (Lipinski definition) is 0. The van der Waals surface area contributed by atoms with E-state index < -0.39 is 0 Å². The van der Waals surface area contributed by atoms with Gasteiger partial charge in [0.25, 0.3) is 0 Å². The third-order valence-corrected chi connectivity index (χ3v) is 1.45. The number of allylic oxidation sites excluding steroid dienone is 2. The molecule has 0 nitrogen and oxygen atoms in total. The van der Waals surface area contributed by atoms with Gasteiger partial charge in [0.2, 0.25) is 0 Å². The molecule has 0 aromatic rings. The molecule has 0 saturated carbocycles. The summed E-state index contributed by atoms with van der Waals surface area (Å²) in [6.07, 6.45) is 13.7. The van der Waals surface area contributed by atoms with Crippen molar-refractivity contribution in [2.24, 2.45) is 0 Å². The van der Waals surface area contributed by atoms with Crippen molar-refractivity contribution in [1.82, 2.24) is 0 Å². The second kappa shape index (κ2) is 7.46. The quantitative estimate of drug-likeness (QED) is 0.237. The smallest absolute Gasteiger partial charge is 1.00 e. The predicted octanol–water partition coefficient (Wildman–Crippen LogP) is -1.30. The van der Waals surface area contributed by atoms with Gasteiger partial charge in [0.05, 0.1) is 0 Å². The minimum atomic E-state index is 0. The second-order valence-electron chi connectivity index (χ2n) is 2.10. The Labute approximate surface area is 85.0 Å².